The summed E-state index contributed by atoms with van der Waals surface area (Å²) in [7, 11) is 0. The molecule has 0 aliphatic rings. The van der Waals surface area contributed by atoms with Gasteiger partial charge in [0.2, 0.25) is 0 Å². The van der Waals surface area contributed by atoms with E-state index in [9.17, 15) is 9.18 Å². The van der Waals surface area contributed by atoms with Crippen molar-refractivity contribution >= 4 is 21.7 Å². The molecular formula is C15H14FN3OS. The molecule has 0 bridgehead atoms. The second kappa shape index (κ2) is 5.73. The number of halogens is 1. The van der Waals surface area contributed by atoms with Gasteiger partial charge in [0.15, 0.2) is 4.83 Å². The molecule has 108 valence electrons. The Balaban J connectivity index is 2.02. The molecule has 1 aromatic carbocycles. The minimum Gasteiger partial charge on any atom is -0.310 e. The highest BCUT2D eigenvalue weighted by Crippen LogP contribution is 2.20. The number of aromatic amines is 1. The maximum atomic E-state index is 13.2. The number of nitrogens with zero attached hydrogens (tertiary/aromatic N) is 2. The third kappa shape index (κ3) is 2.85. The van der Waals surface area contributed by atoms with Gasteiger partial charge < -0.3 is 4.98 Å². The van der Waals surface area contributed by atoms with Crippen LogP contribution >= 0.6 is 11.5 Å². The van der Waals surface area contributed by atoms with Crippen molar-refractivity contribution in [3.05, 3.63) is 57.5 Å². The Hall–Kier alpha value is -2.08. The first-order chi connectivity index (χ1) is 10.2. The summed E-state index contributed by atoms with van der Waals surface area (Å²) in [5.74, 6) is 0.403. The van der Waals surface area contributed by atoms with Crippen LogP contribution in [0.15, 0.2) is 29.1 Å². The average Bonchev–Trinajstić information content (AvgIpc) is 2.83. The van der Waals surface area contributed by atoms with E-state index in [0.29, 0.717) is 28.2 Å². The summed E-state index contributed by atoms with van der Waals surface area (Å²) in [4.78, 5) is 20.1. The number of aromatic nitrogens is 3. The minimum atomic E-state index is -0.288. The molecule has 0 aliphatic heterocycles. The van der Waals surface area contributed by atoms with Gasteiger partial charge in [0.25, 0.3) is 5.56 Å². The Bertz CT molecular complexity index is 840. The van der Waals surface area contributed by atoms with Crippen molar-refractivity contribution in [1.29, 1.82) is 0 Å². The highest BCUT2D eigenvalue weighted by atomic mass is 32.1. The van der Waals surface area contributed by atoms with E-state index < -0.39 is 0 Å². The zero-order valence-electron chi connectivity index (χ0n) is 11.5. The molecule has 2 aromatic heterocycles. The van der Waals surface area contributed by atoms with Gasteiger partial charge in [-0.1, -0.05) is 19.1 Å². The summed E-state index contributed by atoms with van der Waals surface area (Å²) in [5.41, 5.74) is 1.28. The van der Waals surface area contributed by atoms with Crippen molar-refractivity contribution in [2.75, 3.05) is 0 Å². The van der Waals surface area contributed by atoms with Gasteiger partial charge in [0.05, 0.1) is 5.69 Å². The Morgan fingerprint density at radius 3 is 3.00 bits per heavy atom. The Labute approximate surface area is 124 Å². The molecule has 0 aliphatic carbocycles. The number of rotatable bonds is 4. The molecule has 0 saturated carbocycles. The summed E-state index contributed by atoms with van der Waals surface area (Å²) in [5, 5.41) is 0.518. The van der Waals surface area contributed by atoms with Crippen LogP contribution in [-0.2, 0) is 12.8 Å². The van der Waals surface area contributed by atoms with E-state index in [-0.39, 0.29) is 11.4 Å². The van der Waals surface area contributed by atoms with Gasteiger partial charge in [-0.05, 0) is 35.6 Å². The molecule has 0 saturated heterocycles. The molecule has 0 radical (unpaired) electrons. The molecule has 6 heteroatoms. The van der Waals surface area contributed by atoms with Gasteiger partial charge in [-0.25, -0.2) is 9.37 Å². The second-order valence-electron chi connectivity index (χ2n) is 4.88. The number of hydrogen-bond acceptors (Lipinski definition) is 4. The fraction of sp³-hybridized carbons (Fsp3) is 0.267. The quantitative estimate of drug-likeness (QED) is 0.806. The zero-order chi connectivity index (χ0) is 14.8. The van der Waals surface area contributed by atoms with Gasteiger partial charge in [0, 0.05) is 12.8 Å². The van der Waals surface area contributed by atoms with Crippen molar-refractivity contribution < 1.29 is 4.39 Å². The van der Waals surface area contributed by atoms with Crippen LogP contribution in [0.4, 0.5) is 4.39 Å². The molecule has 0 atom stereocenters. The normalized spacial score (nSPS) is 11.1. The second-order valence-corrected chi connectivity index (χ2v) is 5.63. The first kappa shape index (κ1) is 13.9. The first-order valence-electron chi connectivity index (χ1n) is 6.79. The number of benzene rings is 1. The smallest absolute Gasteiger partial charge is 0.261 e. The van der Waals surface area contributed by atoms with Crippen LogP contribution < -0.4 is 5.56 Å². The largest absolute Gasteiger partial charge is 0.310 e. The molecule has 3 rings (SSSR count). The predicted octanol–water partition coefficient (Wildman–Crippen LogP) is 3.06. The first-order valence-corrected chi connectivity index (χ1v) is 7.56. The molecule has 3 aromatic rings. The highest BCUT2D eigenvalue weighted by Gasteiger charge is 2.13. The van der Waals surface area contributed by atoms with E-state index in [4.69, 9.17) is 0 Å². The molecule has 4 nitrogen and oxygen atoms in total. The summed E-state index contributed by atoms with van der Waals surface area (Å²) in [6.45, 7) is 2.03. The van der Waals surface area contributed by atoms with Crippen molar-refractivity contribution in [3.8, 4) is 0 Å². The predicted molar refractivity (Wildman–Crippen MR) is 81.2 cm³/mol. The van der Waals surface area contributed by atoms with Crippen LogP contribution in [0.25, 0.3) is 10.2 Å². The number of fused-ring (bicyclic) bond motifs is 1. The summed E-state index contributed by atoms with van der Waals surface area (Å²) < 4.78 is 17.5. The van der Waals surface area contributed by atoms with Gasteiger partial charge in [-0.3, -0.25) is 4.79 Å². The summed E-state index contributed by atoms with van der Waals surface area (Å²) in [6.07, 6.45) is 2.08. The topological polar surface area (TPSA) is 58.6 Å². The molecule has 21 heavy (non-hydrogen) atoms. The lowest BCUT2D eigenvalue weighted by Crippen LogP contribution is -2.12. The SMILES string of the molecule is CCCc1nc2snc(Cc3cccc(F)c3)c2c(=O)[nH]1. The van der Waals surface area contributed by atoms with Crippen LogP contribution in [0, 0.1) is 5.82 Å². The van der Waals surface area contributed by atoms with Crippen molar-refractivity contribution in [2.24, 2.45) is 0 Å². The zero-order valence-corrected chi connectivity index (χ0v) is 12.3. The van der Waals surface area contributed by atoms with Gasteiger partial charge >= 0.3 is 0 Å². The highest BCUT2D eigenvalue weighted by molar-refractivity contribution is 7.12. The van der Waals surface area contributed by atoms with Crippen LogP contribution in [-0.4, -0.2) is 14.3 Å². The Kier molecular flexibility index (Phi) is 3.79. The third-order valence-corrected chi connectivity index (χ3v) is 3.99. The third-order valence-electron chi connectivity index (χ3n) is 3.21. The van der Waals surface area contributed by atoms with Crippen LogP contribution in [0.5, 0.6) is 0 Å². The Morgan fingerprint density at radius 2 is 2.24 bits per heavy atom. The number of aryl methyl sites for hydroxylation is 1. The van der Waals surface area contributed by atoms with E-state index in [1.165, 1.54) is 23.7 Å². The van der Waals surface area contributed by atoms with E-state index in [1.54, 1.807) is 6.07 Å². The number of nitrogens with one attached hydrogen (secondary N) is 1. The standard InChI is InChI=1S/C15H14FN3OS/c1-2-4-12-17-14(20)13-11(19-21-15(13)18-12)8-9-5-3-6-10(16)7-9/h3,5-7H,2,4,8H2,1H3,(H,17,18,20). The minimum absolute atomic E-state index is 0.163. The lowest BCUT2D eigenvalue weighted by molar-refractivity contribution is 0.626. The van der Waals surface area contributed by atoms with Crippen molar-refractivity contribution in [3.63, 3.8) is 0 Å². The average molecular weight is 303 g/mol. The van der Waals surface area contributed by atoms with Crippen molar-refractivity contribution in [2.45, 2.75) is 26.2 Å². The van der Waals surface area contributed by atoms with E-state index in [1.807, 2.05) is 13.0 Å². The van der Waals surface area contributed by atoms with Crippen LogP contribution in [0.3, 0.4) is 0 Å². The molecule has 0 fully saturated rings. The van der Waals surface area contributed by atoms with Crippen molar-refractivity contribution in [1.82, 2.24) is 14.3 Å². The fourth-order valence-corrected chi connectivity index (χ4v) is 3.08. The number of H-pyrrole nitrogens is 1. The van der Waals surface area contributed by atoms with Crippen LogP contribution in [0.1, 0.15) is 30.4 Å². The van der Waals surface area contributed by atoms with E-state index >= 15 is 0 Å². The lowest BCUT2D eigenvalue weighted by atomic mass is 10.1. The maximum absolute atomic E-state index is 13.2. The lowest BCUT2D eigenvalue weighted by Gasteiger charge is -2.00. The van der Waals surface area contributed by atoms with Crippen LogP contribution in [0.2, 0.25) is 0 Å². The molecule has 2 heterocycles. The van der Waals surface area contributed by atoms with Gasteiger partial charge in [-0.15, -0.1) is 0 Å². The molecular weight excluding hydrogens is 289 g/mol. The molecule has 1 N–H and O–H groups in total. The Morgan fingerprint density at radius 1 is 1.38 bits per heavy atom. The molecule has 0 amide bonds. The summed E-state index contributed by atoms with van der Waals surface area (Å²) >= 11 is 1.22. The molecule has 0 unspecified atom stereocenters. The fourth-order valence-electron chi connectivity index (χ4n) is 2.28. The van der Waals surface area contributed by atoms with E-state index in [2.05, 4.69) is 14.3 Å². The summed E-state index contributed by atoms with van der Waals surface area (Å²) in [6, 6.07) is 6.33. The van der Waals surface area contributed by atoms with Gasteiger partial charge in [-0.2, -0.15) is 4.37 Å². The van der Waals surface area contributed by atoms with E-state index in [0.717, 1.165) is 18.4 Å². The maximum Gasteiger partial charge on any atom is 0.261 e. The monoisotopic (exact) mass is 303 g/mol. The van der Waals surface area contributed by atoms with Gasteiger partial charge in [0.1, 0.15) is 17.0 Å². The molecule has 0 spiro atoms. The number of hydrogen-bond donors (Lipinski definition) is 1.